The maximum atomic E-state index is 12.9. The number of carbonyl (C=O) groups excluding carboxylic acids is 1. The minimum absolute atomic E-state index is 0.0103. The van der Waals surface area contributed by atoms with Crippen LogP contribution in [0.1, 0.15) is 37.7 Å². The predicted octanol–water partition coefficient (Wildman–Crippen LogP) is 3.66. The summed E-state index contributed by atoms with van der Waals surface area (Å²) >= 11 is 0. The van der Waals surface area contributed by atoms with E-state index in [1.807, 2.05) is 24.0 Å². The summed E-state index contributed by atoms with van der Waals surface area (Å²) in [6.45, 7) is 2.56. The number of hydrogen-bond acceptors (Lipinski definition) is 2. The molecule has 1 N–H and O–H groups in total. The normalized spacial score (nSPS) is 28.8. The van der Waals surface area contributed by atoms with Crippen molar-refractivity contribution in [2.45, 2.75) is 38.1 Å². The summed E-state index contributed by atoms with van der Waals surface area (Å²) in [7, 11) is 0. The zero-order chi connectivity index (χ0) is 17.6. The van der Waals surface area contributed by atoms with Crippen molar-refractivity contribution in [1.29, 1.82) is 0 Å². The molecule has 4 atom stereocenters. The largest absolute Gasteiger partial charge is 0.481 e. The van der Waals surface area contributed by atoms with Crippen LogP contribution in [0.15, 0.2) is 42.5 Å². The van der Waals surface area contributed by atoms with E-state index in [1.54, 1.807) is 0 Å². The molecule has 1 saturated heterocycles. The average Bonchev–Trinajstić information content (AvgIpc) is 3.41. The number of carboxylic acid groups (broad SMARTS) is 1. The van der Waals surface area contributed by atoms with Crippen LogP contribution in [0.5, 0.6) is 0 Å². The molecule has 130 valence electrons. The molecule has 1 amide bonds. The monoisotopic (exact) mass is 337 g/mol. The molecule has 2 aromatic carbocycles. The fourth-order valence-corrected chi connectivity index (χ4v) is 4.27. The lowest BCUT2D eigenvalue weighted by Gasteiger charge is -2.37. The van der Waals surface area contributed by atoms with Crippen molar-refractivity contribution in [2.24, 2.45) is 11.8 Å². The van der Waals surface area contributed by atoms with Gasteiger partial charge in [0.15, 0.2) is 0 Å². The standard InChI is InChI=1S/C21H23NO3/c1-13-17(21(24)25)7-4-10-22(13)20(23)19-12-18(19)16-9-8-14-5-2-3-6-15(14)11-16/h2-3,5-6,8-9,11,13,17-19H,4,7,10,12H2,1H3,(H,24,25)/t13-,17-,18?,19?/m1/s1. The topological polar surface area (TPSA) is 57.6 Å². The zero-order valence-electron chi connectivity index (χ0n) is 14.4. The molecule has 4 nitrogen and oxygen atoms in total. The Morgan fingerprint density at radius 2 is 1.84 bits per heavy atom. The molecular formula is C21H23NO3. The first kappa shape index (κ1) is 16.1. The van der Waals surface area contributed by atoms with Gasteiger partial charge in [0.05, 0.1) is 5.92 Å². The Morgan fingerprint density at radius 3 is 2.60 bits per heavy atom. The minimum atomic E-state index is -0.785. The quantitative estimate of drug-likeness (QED) is 0.930. The summed E-state index contributed by atoms with van der Waals surface area (Å²) in [5, 5.41) is 11.8. The van der Waals surface area contributed by atoms with E-state index in [4.69, 9.17) is 0 Å². The van der Waals surface area contributed by atoms with Crippen molar-refractivity contribution >= 4 is 22.6 Å². The van der Waals surface area contributed by atoms with Gasteiger partial charge in [-0.1, -0.05) is 42.5 Å². The highest BCUT2D eigenvalue weighted by Gasteiger charge is 2.48. The number of nitrogens with zero attached hydrogens (tertiary/aromatic N) is 1. The van der Waals surface area contributed by atoms with Gasteiger partial charge in [0.1, 0.15) is 0 Å². The van der Waals surface area contributed by atoms with Crippen molar-refractivity contribution in [1.82, 2.24) is 4.90 Å². The van der Waals surface area contributed by atoms with E-state index >= 15 is 0 Å². The fourth-order valence-electron chi connectivity index (χ4n) is 4.27. The molecule has 4 rings (SSSR count). The van der Waals surface area contributed by atoms with Crippen LogP contribution < -0.4 is 0 Å². The van der Waals surface area contributed by atoms with Gasteiger partial charge in [-0.2, -0.15) is 0 Å². The predicted molar refractivity (Wildman–Crippen MR) is 96.3 cm³/mol. The van der Waals surface area contributed by atoms with Crippen LogP contribution in [-0.2, 0) is 9.59 Å². The van der Waals surface area contributed by atoms with Gasteiger partial charge in [0.25, 0.3) is 0 Å². The maximum absolute atomic E-state index is 12.9. The van der Waals surface area contributed by atoms with Gasteiger partial charge in [-0.25, -0.2) is 0 Å². The number of likely N-dealkylation sites (tertiary alicyclic amines) is 1. The van der Waals surface area contributed by atoms with E-state index in [0.717, 1.165) is 12.8 Å². The van der Waals surface area contributed by atoms with Crippen molar-refractivity contribution in [3.05, 3.63) is 48.0 Å². The molecule has 0 radical (unpaired) electrons. The van der Waals surface area contributed by atoms with Crippen LogP contribution in [0.25, 0.3) is 10.8 Å². The van der Waals surface area contributed by atoms with E-state index in [0.29, 0.717) is 13.0 Å². The number of amides is 1. The van der Waals surface area contributed by atoms with Crippen LogP contribution >= 0.6 is 0 Å². The smallest absolute Gasteiger partial charge is 0.308 e. The first-order valence-electron chi connectivity index (χ1n) is 9.08. The van der Waals surface area contributed by atoms with Crippen molar-refractivity contribution in [3.63, 3.8) is 0 Å². The molecule has 25 heavy (non-hydrogen) atoms. The number of piperidine rings is 1. The van der Waals surface area contributed by atoms with E-state index in [-0.39, 0.29) is 23.8 Å². The Morgan fingerprint density at radius 1 is 1.08 bits per heavy atom. The van der Waals surface area contributed by atoms with Crippen LogP contribution in [0.3, 0.4) is 0 Å². The molecule has 2 aromatic rings. The molecule has 4 heteroatoms. The number of fused-ring (bicyclic) bond motifs is 1. The van der Waals surface area contributed by atoms with Gasteiger partial charge in [-0.05, 0) is 48.4 Å². The highest BCUT2D eigenvalue weighted by molar-refractivity contribution is 5.86. The van der Waals surface area contributed by atoms with Gasteiger partial charge in [0, 0.05) is 18.5 Å². The summed E-state index contributed by atoms with van der Waals surface area (Å²) < 4.78 is 0. The minimum Gasteiger partial charge on any atom is -0.481 e. The van der Waals surface area contributed by atoms with Crippen LogP contribution in [-0.4, -0.2) is 34.5 Å². The molecular weight excluding hydrogens is 314 g/mol. The highest BCUT2D eigenvalue weighted by atomic mass is 16.4. The highest BCUT2D eigenvalue weighted by Crippen LogP contribution is 2.49. The maximum Gasteiger partial charge on any atom is 0.308 e. The van der Waals surface area contributed by atoms with E-state index < -0.39 is 11.9 Å². The Labute approximate surface area is 147 Å². The summed E-state index contributed by atoms with van der Waals surface area (Å²) in [6, 6.07) is 14.5. The second-order valence-electron chi connectivity index (χ2n) is 7.41. The number of aliphatic carboxylic acids is 1. The Hall–Kier alpha value is -2.36. The molecule has 2 unspecified atom stereocenters. The van der Waals surface area contributed by atoms with Gasteiger partial charge in [-0.3, -0.25) is 9.59 Å². The van der Waals surface area contributed by atoms with Crippen molar-refractivity contribution in [3.8, 4) is 0 Å². The van der Waals surface area contributed by atoms with Crippen LogP contribution in [0.4, 0.5) is 0 Å². The molecule has 1 saturated carbocycles. The van der Waals surface area contributed by atoms with E-state index in [9.17, 15) is 14.7 Å². The summed E-state index contributed by atoms with van der Waals surface area (Å²) in [5.74, 6) is -0.801. The molecule has 1 heterocycles. The first-order chi connectivity index (χ1) is 12.1. The third kappa shape index (κ3) is 2.90. The number of hydrogen-bond donors (Lipinski definition) is 1. The molecule has 0 bridgehead atoms. The average molecular weight is 337 g/mol. The Balaban J connectivity index is 1.50. The summed E-state index contributed by atoms with van der Waals surface area (Å²) in [5.41, 5.74) is 1.22. The second kappa shape index (κ2) is 6.17. The van der Waals surface area contributed by atoms with Gasteiger partial charge < -0.3 is 10.0 Å². The number of carboxylic acids is 1. The number of benzene rings is 2. The molecule has 2 aliphatic rings. The molecule has 1 aliphatic carbocycles. The molecule has 0 aromatic heterocycles. The Bertz CT molecular complexity index is 831. The molecule has 1 aliphatic heterocycles. The number of carbonyl (C=O) groups is 2. The van der Waals surface area contributed by atoms with Crippen molar-refractivity contribution in [2.75, 3.05) is 6.54 Å². The summed E-state index contributed by atoms with van der Waals surface area (Å²) in [6.07, 6.45) is 2.32. The lowest BCUT2D eigenvalue weighted by atomic mass is 9.90. The van der Waals surface area contributed by atoms with Gasteiger partial charge >= 0.3 is 5.97 Å². The SMILES string of the molecule is C[C@@H]1[C@H](C(=O)O)CCCN1C(=O)C1CC1c1ccc2ccccc2c1. The first-order valence-corrected chi connectivity index (χ1v) is 9.08. The van der Waals surface area contributed by atoms with Crippen LogP contribution in [0.2, 0.25) is 0 Å². The number of rotatable bonds is 3. The lowest BCUT2D eigenvalue weighted by Crippen LogP contribution is -2.49. The summed E-state index contributed by atoms with van der Waals surface area (Å²) in [4.78, 5) is 26.1. The van der Waals surface area contributed by atoms with E-state index in [2.05, 4.69) is 30.3 Å². The van der Waals surface area contributed by atoms with Gasteiger partial charge in [-0.15, -0.1) is 0 Å². The van der Waals surface area contributed by atoms with Gasteiger partial charge in [0.2, 0.25) is 5.91 Å². The van der Waals surface area contributed by atoms with E-state index in [1.165, 1.54) is 16.3 Å². The Kier molecular flexibility index (Phi) is 3.98. The van der Waals surface area contributed by atoms with Crippen LogP contribution in [0, 0.1) is 11.8 Å². The fraction of sp³-hybridized carbons (Fsp3) is 0.429. The lowest BCUT2D eigenvalue weighted by molar-refractivity contribution is -0.149. The molecule has 2 fully saturated rings. The second-order valence-corrected chi connectivity index (χ2v) is 7.41. The third-order valence-electron chi connectivity index (χ3n) is 5.90. The molecule has 0 spiro atoms. The third-order valence-corrected chi connectivity index (χ3v) is 5.90. The van der Waals surface area contributed by atoms with Crippen molar-refractivity contribution < 1.29 is 14.7 Å². The zero-order valence-corrected chi connectivity index (χ0v) is 14.4.